The van der Waals surface area contributed by atoms with Crippen molar-refractivity contribution >= 4 is 46.1 Å². The van der Waals surface area contributed by atoms with Crippen molar-refractivity contribution in [3.8, 4) is 5.75 Å². The van der Waals surface area contributed by atoms with Gasteiger partial charge in [-0.15, -0.1) is 0 Å². The molecule has 1 unspecified atom stereocenters. The number of thioether (sulfide) groups is 1. The second-order valence-electron chi connectivity index (χ2n) is 8.41. The monoisotopic (exact) mass is 527 g/mol. The van der Waals surface area contributed by atoms with Gasteiger partial charge in [0, 0.05) is 44.4 Å². The number of rotatable bonds is 13. The lowest BCUT2D eigenvalue weighted by Gasteiger charge is -2.17. The molecule has 37 heavy (non-hydrogen) atoms. The first-order valence-electron chi connectivity index (χ1n) is 12.4. The second-order valence-corrected chi connectivity index (χ2v) is 9.65. The van der Waals surface area contributed by atoms with Crippen LogP contribution in [-0.2, 0) is 20.9 Å². The highest BCUT2D eigenvalue weighted by molar-refractivity contribution is 7.99. The zero-order valence-corrected chi connectivity index (χ0v) is 22.2. The minimum atomic E-state index is -0.413. The number of anilines is 2. The molecule has 0 radical (unpaired) electrons. The van der Waals surface area contributed by atoms with Crippen molar-refractivity contribution in [2.75, 3.05) is 55.9 Å². The lowest BCUT2D eigenvalue weighted by molar-refractivity contribution is -0.126. The van der Waals surface area contributed by atoms with Crippen molar-refractivity contribution in [1.29, 1.82) is 0 Å². The van der Waals surface area contributed by atoms with Crippen LogP contribution in [0.4, 0.5) is 11.5 Å². The zero-order chi connectivity index (χ0) is 26.2. The van der Waals surface area contributed by atoms with Crippen LogP contribution >= 0.6 is 11.8 Å². The summed E-state index contributed by atoms with van der Waals surface area (Å²) in [5.41, 5.74) is 1.44. The van der Waals surface area contributed by atoms with E-state index in [9.17, 15) is 9.59 Å². The number of hydrogen-bond acceptors (Lipinski definition) is 9. The number of methoxy groups -OCH3 is 1. The minimum Gasteiger partial charge on any atom is -0.497 e. The van der Waals surface area contributed by atoms with E-state index in [0.717, 1.165) is 22.6 Å². The maximum Gasteiger partial charge on any atom is 0.227 e. The Labute approximate surface area is 220 Å². The molecule has 2 aromatic heterocycles. The van der Waals surface area contributed by atoms with E-state index in [0.29, 0.717) is 55.9 Å². The summed E-state index contributed by atoms with van der Waals surface area (Å²) in [6, 6.07) is 7.30. The molecule has 1 aliphatic heterocycles. The van der Waals surface area contributed by atoms with Crippen LogP contribution in [0.5, 0.6) is 5.75 Å². The third-order valence-electron chi connectivity index (χ3n) is 5.98. The molecule has 3 aromatic rings. The summed E-state index contributed by atoms with van der Waals surface area (Å²) in [4.78, 5) is 36.4. The Bertz CT molecular complexity index is 1230. The predicted molar refractivity (Wildman–Crippen MR) is 143 cm³/mol. The quantitative estimate of drug-likeness (QED) is 0.196. The molecule has 1 atom stereocenters. The van der Waals surface area contributed by atoms with E-state index >= 15 is 0 Å². The van der Waals surface area contributed by atoms with Crippen molar-refractivity contribution < 1.29 is 19.1 Å². The number of ether oxygens (including phenoxy) is 2. The highest BCUT2D eigenvalue weighted by Crippen LogP contribution is 2.28. The van der Waals surface area contributed by atoms with Crippen LogP contribution in [-0.4, -0.2) is 77.3 Å². The van der Waals surface area contributed by atoms with Gasteiger partial charge in [-0.25, -0.2) is 14.6 Å². The normalized spacial score (nSPS) is 15.4. The molecular weight excluding hydrogens is 494 g/mol. The van der Waals surface area contributed by atoms with E-state index in [1.165, 1.54) is 0 Å². The van der Waals surface area contributed by atoms with Gasteiger partial charge in [-0.3, -0.25) is 9.59 Å². The fraction of sp³-hybridized carbons (Fsp3) is 0.480. The molecule has 11 nitrogen and oxygen atoms in total. The zero-order valence-electron chi connectivity index (χ0n) is 21.4. The number of hydrogen-bond donors (Lipinski definition) is 2. The van der Waals surface area contributed by atoms with Gasteiger partial charge in [-0.1, -0.05) is 24.8 Å². The smallest absolute Gasteiger partial charge is 0.227 e. The Morgan fingerprint density at radius 1 is 1.24 bits per heavy atom. The molecule has 0 spiro atoms. The topological polar surface area (TPSA) is 124 Å². The van der Waals surface area contributed by atoms with Gasteiger partial charge < -0.3 is 25.0 Å². The van der Waals surface area contributed by atoms with E-state index in [2.05, 4.69) is 32.6 Å². The Kier molecular flexibility index (Phi) is 9.18. The maximum atomic E-state index is 12.9. The molecule has 1 saturated heterocycles. The SMILES string of the molecule is CCOCCNc1nc(SCC)nc2c1cnn2CCNC(=O)C1CC(=O)N(c2cccc(OC)c2)C1. The molecule has 2 amide bonds. The fourth-order valence-corrected chi connectivity index (χ4v) is 4.72. The number of aromatic nitrogens is 4. The second kappa shape index (κ2) is 12.7. The first kappa shape index (κ1) is 26.7. The summed E-state index contributed by atoms with van der Waals surface area (Å²) in [5, 5.41) is 12.2. The van der Waals surface area contributed by atoms with Crippen LogP contribution in [0.25, 0.3) is 11.0 Å². The van der Waals surface area contributed by atoms with Gasteiger partial charge in [0.2, 0.25) is 11.8 Å². The number of fused-ring (bicyclic) bond motifs is 1. The van der Waals surface area contributed by atoms with E-state index < -0.39 is 5.92 Å². The minimum absolute atomic E-state index is 0.0755. The summed E-state index contributed by atoms with van der Waals surface area (Å²) in [5.74, 6) is 1.60. The molecular formula is C25H33N7O4S. The maximum absolute atomic E-state index is 12.9. The average molecular weight is 528 g/mol. The third kappa shape index (κ3) is 6.50. The molecule has 1 aliphatic rings. The van der Waals surface area contributed by atoms with Crippen molar-refractivity contribution in [3.63, 3.8) is 0 Å². The number of carbonyl (C=O) groups is 2. The summed E-state index contributed by atoms with van der Waals surface area (Å²) in [7, 11) is 1.58. The molecule has 2 N–H and O–H groups in total. The molecule has 0 saturated carbocycles. The van der Waals surface area contributed by atoms with Gasteiger partial charge in [-0.05, 0) is 24.8 Å². The molecule has 1 fully saturated rings. The molecule has 4 rings (SSSR count). The molecule has 1 aromatic carbocycles. The first-order chi connectivity index (χ1) is 18.0. The van der Waals surface area contributed by atoms with Crippen LogP contribution in [0, 0.1) is 5.92 Å². The third-order valence-corrected chi connectivity index (χ3v) is 6.71. The highest BCUT2D eigenvalue weighted by Gasteiger charge is 2.35. The Morgan fingerprint density at radius 2 is 2.11 bits per heavy atom. The Balaban J connectivity index is 1.37. The number of amides is 2. The highest BCUT2D eigenvalue weighted by atomic mass is 32.2. The molecule has 198 valence electrons. The molecule has 12 heteroatoms. The number of nitrogens with one attached hydrogen (secondary N) is 2. The summed E-state index contributed by atoms with van der Waals surface area (Å²) >= 11 is 1.56. The Morgan fingerprint density at radius 3 is 2.89 bits per heavy atom. The average Bonchev–Trinajstić information content (AvgIpc) is 3.50. The van der Waals surface area contributed by atoms with Crippen LogP contribution in [0.3, 0.4) is 0 Å². The summed E-state index contributed by atoms with van der Waals surface area (Å²) in [6.07, 6.45) is 1.91. The van der Waals surface area contributed by atoms with Crippen molar-refractivity contribution in [2.24, 2.45) is 5.92 Å². The van der Waals surface area contributed by atoms with Crippen LogP contribution in [0.1, 0.15) is 20.3 Å². The van der Waals surface area contributed by atoms with E-state index in [1.807, 2.05) is 25.1 Å². The lowest BCUT2D eigenvalue weighted by atomic mass is 10.1. The summed E-state index contributed by atoms with van der Waals surface area (Å²) in [6.45, 7) is 7.04. The predicted octanol–water partition coefficient (Wildman–Crippen LogP) is 2.56. The van der Waals surface area contributed by atoms with Crippen molar-refractivity contribution in [1.82, 2.24) is 25.1 Å². The van der Waals surface area contributed by atoms with E-state index in [1.54, 1.807) is 40.7 Å². The number of carbonyl (C=O) groups excluding carboxylic acids is 2. The van der Waals surface area contributed by atoms with Crippen molar-refractivity contribution in [3.05, 3.63) is 30.5 Å². The van der Waals surface area contributed by atoms with Crippen LogP contribution < -0.4 is 20.3 Å². The lowest BCUT2D eigenvalue weighted by Crippen LogP contribution is -2.35. The first-order valence-corrected chi connectivity index (χ1v) is 13.4. The van der Waals surface area contributed by atoms with Gasteiger partial charge in [0.05, 0.1) is 37.8 Å². The van der Waals surface area contributed by atoms with Crippen LogP contribution in [0.15, 0.2) is 35.6 Å². The molecule has 3 heterocycles. The number of nitrogens with zero attached hydrogens (tertiary/aromatic N) is 5. The largest absolute Gasteiger partial charge is 0.497 e. The Hall–Kier alpha value is -3.38. The van der Waals surface area contributed by atoms with Crippen LogP contribution in [0.2, 0.25) is 0 Å². The van der Waals surface area contributed by atoms with E-state index in [-0.39, 0.29) is 18.2 Å². The molecule has 0 aliphatic carbocycles. The van der Waals surface area contributed by atoms with Gasteiger partial charge in [0.15, 0.2) is 10.8 Å². The summed E-state index contributed by atoms with van der Waals surface area (Å²) < 4.78 is 12.4. The fourth-order valence-electron chi connectivity index (χ4n) is 4.15. The van der Waals surface area contributed by atoms with Gasteiger partial charge in [0.25, 0.3) is 0 Å². The van der Waals surface area contributed by atoms with E-state index in [4.69, 9.17) is 9.47 Å². The van der Waals surface area contributed by atoms with Crippen molar-refractivity contribution in [2.45, 2.75) is 32.0 Å². The molecule has 0 bridgehead atoms. The van der Waals surface area contributed by atoms with Gasteiger partial charge >= 0.3 is 0 Å². The standard InChI is InChI=1S/C25H33N7O4S/c1-4-36-12-10-26-22-20-15-28-32(23(20)30-25(29-22)37-5-2)11-9-27-24(34)17-13-21(33)31(16-17)18-7-6-8-19(14-18)35-3/h6-8,14-15,17H,4-5,9-13,16H2,1-3H3,(H,27,34)(H,26,29,30). The van der Waals surface area contributed by atoms with Gasteiger partial charge in [0.1, 0.15) is 11.6 Å². The number of benzene rings is 1. The van der Waals surface area contributed by atoms with Gasteiger partial charge in [-0.2, -0.15) is 5.10 Å².